The van der Waals surface area contributed by atoms with Gasteiger partial charge in [-0.3, -0.25) is 0 Å². The number of ether oxygens (including phenoxy) is 1. The standard InChI is InChI=1S/C21H19NO3/c1-2-11-25-21(23)19-16-7-3-4-8-18(16)22-20-14(9-10-17(19)20)13-15-6-5-12-24-15/h3-8,12-13H,2,9-11H2,1H3/b14-13-. The molecule has 3 aromatic rings. The van der Waals surface area contributed by atoms with Crippen molar-refractivity contribution in [3.63, 3.8) is 0 Å². The molecule has 0 bridgehead atoms. The van der Waals surface area contributed by atoms with E-state index in [0.29, 0.717) is 12.2 Å². The maximum Gasteiger partial charge on any atom is 0.339 e. The lowest BCUT2D eigenvalue weighted by molar-refractivity contribution is 0.0506. The number of fused-ring (bicyclic) bond motifs is 2. The van der Waals surface area contributed by atoms with Gasteiger partial charge >= 0.3 is 5.97 Å². The summed E-state index contributed by atoms with van der Waals surface area (Å²) in [7, 11) is 0. The molecule has 25 heavy (non-hydrogen) atoms. The Morgan fingerprint density at radius 1 is 1.24 bits per heavy atom. The Morgan fingerprint density at radius 2 is 2.12 bits per heavy atom. The quantitative estimate of drug-likeness (QED) is 0.638. The molecule has 0 unspecified atom stereocenters. The monoisotopic (exact) mass is 333 g/mol. The van der Waals surface area contributed by atoms with E-state index in [4.69, 9.17) is 14.1 Å². The van der Waals surface area contributed by atoms with Crippen molar-refractivity contribution in [2.75, 3.05) is 6.61 Å². The normalized spacial score (nSPS) is 14.8. The van der Waals surface area contributed by atoms with Gasteiger partial charge in [0.15, 0.2) is 0 Å². The molecular formula is C21H19NO3. The zero-order chi connectivity index (χ0) is 17.2. The van der Waals surface area contributed by atoms with Crippen molar-refractivity contribution in [3.05, 3.63) is 65.2 Å². The molecule has 0 amide bonds. The number of para-hydroxylation sites is 1. The summed E-state index contributed by atoms with van der Waals surface area (Å²) in [6.45, 7) is 2.42. The van der Waals surface area contributed by atoms with Crippen molar-refractivity contribution < 1.29 is 13.9 Å². The molecule has 126 valence electrons. The fraction of sp³-hybridized carbons (Fsp3) is 0.238. The van der Waals surface area contributed by atoms with Crippen molar-refractivity contribution in [2.45, 2.75) is 26.2 Å². The smallest absolute Gasteiger partial charge is 0.339 e. The summed E-state index contributed by atoms with van der Waals surface area (Å²) in [6, 6.07) is 11.5. The Labute approximate surface area is 146 Å². The van der Waals surface area contributed by atoms with Gasteiger partial charge in [0.1, 0.15) is 5.76 Å². The largest absolute Gasteiger partial charge is 0.465 e. The summed E-state index contributed by atoms with van der Waals surface area (Å²) in [5.74, 6) is 0.545. The van der Waals surface area contributed by atoms with E-state index in [1.807, 2.05) is 49.4 Å². The predicted octanol–water partition coefficient (Wildman–Crippen LogP) is 4.88. The fourth-order valence-corrected chi connectivity index (χ4v) is 3.32. The van der Waals surface area contributed by atoms with E-state index in [-0.39, 0.29) is 5.97 Å². The Balaban J connectivity index is 1.88. The van der Waals surface area contributed by atoms with Crippen LogP contribution in [0.2, 0.25) is 0 Å². The molecule has 1 aromatic carbocycles. The molecule has 1 aliphatic rings. The summed E-state index contributed by atoms with van der Waals surface area (Å²) in [4.78, 5) is 17.5. The van der Waals surface area contributed by atoms with Gasteiger partial charge in [0, 0.05) is 5.39 Å². The number of rotatable bonds is 4. The van der Waals surface area contributed by atoms with Crippen LogP contribution >= 0.6 is 0 Å². The SMILES string of the molecule is CCCOC(=O)c1c2c(nc3ccccc13)/C(=C\c1ccco1)CC2. The Hall–Kier alpha value is -2.88. The molecule has 0 radical (unpaired) electrons. The van der Waals surface area contributed by atoms with Gasteiger partial charge in [0.25, 0.3) is 0 Å². The summed E-state index contributed by atoms with van der Waals surface area (Å²) in [5, 5.41) is 0.863. The lowest BCUT2D eigenvalue weighted by Gasteiger charge is -2.12. The minimum absolute atomic E-state index is 0.254. The van der Waals surface area contributed by atoms with E-state index in [0.717, 1.165) is 52.8 Å². The Kier molecular flexibility index (Phi) is 4.10. The van der Waals surface area contributed by atoms with E-state index >= 15 is 0 Å². The van der Waals surface area contributed by atoms with Crippen LogP contribution in [0.4, 0.5) is 0 Å². The van der Waals surface area contributed by atoms with Gasteiger partial charge in [-0.15, -0.1) is 0 Å². The summed E-state index contributed by atoms with van der Waals surface area (Å²) in [6.07, 6.45) is 6.10. The number of hydrogen-bond acceptors (Lipinski definition) is 4. The van der Waals surface area contributed by atoms with Gasteiger partial charge in [-0.1, -0.05) is 25.1 Å². The third-order valence-electron chi connectivity index (χ3n) is 4.44. The summed E-state index contributed by atoms with van der Waals surface area (Å²) in [5.41, 5.74) is 4.45. The first kappa shape index (κ1) is 15.6. The van der Waals surface area contributed by atoms with Crippen LogP contribution in [0.15, 0.2) is 47.1 Å². The molecule has 4 heteroatoms. The average molecular weight is 333 g/mol. The highest BCUT2D eigenvalue weighted by Crippen LogP contribution is 2.37. The third kappa shape index (κ3) is 2.84. The van der Waals surface area contributed by atoms with Crippen molar-refractivity contribution >= 4 is 28.5 Å². The van der Waals surface area contributed by atoms with Gasteiger partial charge in [0.05, 0.1) is 29.6 Å². The second kappa shape index (κ2) is 6.55. The molecule has 0 saturated carbocycles. The molecular weight excluding hydrogens is 314 g/mol. The van der Waals surface area contributed by atoms with Gasteiger partial charge in [-0.25, -0.2) is 9.78 Å². The number of carbonyl (C=O) groups excluding carboxylic acids is 1. The van der Waals surface area contributed by atoms with Gasteiger partial charge in [0.2, 0.25) is 0 Å². The first-order chi connectivity index (χ1) is 12.3. The fourth-order valence-electron chi connectivity index (χ4n) is 3.32. The average Bonchev–Trinajstić information content (AvgIpc) is 3.28. The van der Waals surface area contributed by atoms with Crippen molar-refractivity contribution in [3.8, 4) is 0 Å². The molecule has 2 aromatic heterocycles. The number of esters is 1. The van der Waals surface area contributed by atoms with Gasteiger partial charge in [-0.05, 0) is 54.7 Å². The number of aromatic nitrogens is 1. The van der Waals surface area contributed by atoms with Crippen LogP contribution in [0.1, 0.15) is 47.1 Å². The van der Waals surface area contributed by atoms with Crippen molar-refractivity contribution in [1.29, 1.82) is 0 Å². The number of nitrogens with zero attached hydrogens (tertiary/aromatic N) is 1. The number of pyridine rings is 1. The number of hydrogen-bond donors (Lipinski definition) is 0. The van der Waals surface area contributed by atoms with E-state index < -0.39 is 0 Å². The molecule has 0 fully saturated rings. The lowest BCUT2D eigenvalue weighted by Crippen LogP contribution is -2.11. The second-order valence-electron chi connectivity index (χ2n) is 6.15. The van der Waals surface area contributed by atoms with E-state index in [1.54, 1.807) is 6.26 Å². The number of furan rings is 1. The van der Waals surface area contributed by atoms with Crippen LogP contribution in [-0.2, 0) is 11.2 Å². The molecule has 0 spiro atoms. The highest BCUT2D eigenvalue weighted by Gasteiger charge is 2.27. The van der Waals surface area contributed by atoms with E-state index in [2.05, 4.69) is 0 Å². The molecule has 0 aliphatic heterocycles. The highest BCUT2D eigenvalue weighted by molar-refractivity contribution is 6.07. The molecule has 0 N–H and O–H groups in total. The van der Waals surface area contributed by atoms with Crippen LogP contribution in [0.25, 0.3) is 22.6 Å². The maximum atomic E-state index is 12.7. The zero-order valence-electron chi connectivity index (χ0n) is 14.1. The third-order valence-corrected chi connectivity index (χ3v) is 4.44. The maximum absolute atomic E-state index is 12.7. The summed E-state index contributed by atoms with van der Waals surface area (Å²) >= 11 is 0. The number of carbonyl (C=O) groups is 1. The zero-order valence-corrected chi connectivity index (χ0v) is 14.1. The topological polar surface area (TPSA) is 52.3 Å². The first-order valence-electron chi connectivity index (χ1n) is 8.61. The van der Waals surface area contributed by atoms with Gasteiger partial charge < -0.3 is 9.15 Å². The molecule has 0 atom stereocenters. The predicted molar refractivity (Wildman–Crippen MR) is 97.2 cm³/mol. The van der Waals surface area contributed by atoms with Crippen LogP contribution in [0.3, 0.4) is 0 Å². The van der Waals surface area contributed by atoms with Crippen LogP contribution in [0, 0.1) is 0 Å². The van der Waals surface area contributed by atoms with Crippen LogP contribution in [-0.4, -0.2) is 17.6 Å². The van der Waals surface area contributed by atoms with Crippen LogP contribution in [0.5, 0.6) is 0 Å². The van der Waals surface area contributed by atoms with Crippen LogP contribution < -0.4 is 0 Å². The first-order valence-corrected chi connectivity index (χ1v) is 8.61. The molecule has 4 nitrogen and oxygen atoms in total. The van der Waals surface area contributed by atoms with Crippen molar-refractivity contribution in [2.24, 2.45) is 0 Å². The Morgan fingerprint density at radius 3 is 2.92 bits per heavy atom. The second-order valence-corrected chi connectivity index (χ2v) is 6.15. The van der Waals surface area contributed by atoms with E-state index in [1.165, 1.54) is 0 Å². The molecule has 1 aliphatic carbocycles. The summed E-state index contributed by atoms with van der Waals surface area (Å²) < 4.78 is 10.9. The molecule has 4 rings (SSSR count). The number of benzene rings is 1. The minimum Gasteiger partial charge on any atom is -0.465 e. The highest BCUT2D eigenvalue weighted by atomic mass is 16.5. The van der Waals surface area contributed by atoms with Crippen molar-refractivity contribution in [1.82, 2.24) is 4.98 Å². The lowest BCUT2D eigenvalue weighted by atomic mass is 10.0. The molecule has 2 heterocycles. The molecule has 0 saturated heterocycles. The Bertz CT molecular complexity index is 955. The van der Waals surface area contributed by atoms with Gasteiger partial charge in [-0.2, -0.15) is 0 Å². The minimum atomic E-state index is -0.254. The van der Waals surface area contributed by atoms with E-state index in [9.17, 15) is 4.79 Å². The number of allylic oxidation sites excluding steroid dienone is 1.